The number of nitrogens with zero attached hydrogens (tertiary/aromatic N) is 1. The molecular formula is C22H23NO3S2. The highest BCUT2D eigenvalue weighted by molar-refractivity contribution is 8.26. The zero-order valence-electron chi connectivity index (χ0n) is 16.2. The van der Waals surface area contributed by atoms with E-state index in [9.17, 15) is 4.79 Å². The van der Waals surface area contributed by atoms with Crippen LogP contribution >= 0.6 is 24.0 Å². The van der Waals surface area contributed by atoms with Crippen molar-refractivity contribution in [2.75, 3.05) is 20.3 Å². The van der Waals surface area contributed by atoms with Gasteiger partial charge < -0.3 is 9.47 Å². The van der Waals surface area contributed by atoms with Crippen molar-refractivity contribution < 1.29 is 14.3 Å². The van der Waals surface area contributed by atoms with Crippen LogP contribution in [0.3, 0.4) is 0 Å². The summed E-state index contributed by atoms with van der Waals surface area (Å²) < 4.78 is 12.2. The van der Waals surface area contributed by atoms with Crippen molar-refractivity contribution in [1.82, 2.24) is 4.90 Å². The summed E-state index contributed by atoms with van der Waals surface area (Å²) in [7, 11) is 1.69. The Morgan fingerprint density at radius 3 is 2.46 bits per heavy atom. The minimum atomic E-state index is -0.0563. The first-order chi connectivity index (χ1) is 13.5. The molecule has 1 aliphatic rings. The maximum Gasteiger partial charge on any atom is 0.265 e. The molecule has 0 radical (unpaired) electrons. The Labute approximate surface area is 175 Å². The lowest BCUT2D eigenvalue weighted by Crippen LogP contribution is -2.22. The zero-order chi connectivity index (χ0) is 20.1. The van der Waals surface area contributed by atoms with E-state index in [1.807, 2.05) is 42.5 Å². The molecule has 0 unspecified atom stereocenters. The third-order valence-electron chi connectivity index (χ3n) is 4.53. The predicted molar refractivity (Wildman–Crippen MR) is 119 cm³/mol. The van der Waals surface area contributed by atoms with Crippen molar-refractivity contribution in [1.29, 1.82) is 0 Å². The number of aryl methyl sites for hydroxylation is 1. The van der Waals surface area contributed by atoms with E-state index in [2.05, 4.69) is 19.9 Å². The van der Waals surface area contributed by atoms with E-state index in [-0.39, 0.29) is 5.91 Å². The van der Waals surface area contributed by atoms with Gasteiger partial charge in [-0.1, -0.05) is 48.2 Å². The van der Waals surface area contributed by atoms with Gasteiger partial charge in [-0.05, 0) is 54.8 Å². The van der Waals surface area contributed by atoms with Crippen molar-refractivity contribution in [2.45, 2.75) is 20.3 Å². The van der Waals surface area contributed by atoms with Gasteiger partial charge in [0.25, 0.3) is 5.91 Å². The van der Waals surface area contributed by atoms with Crippen LogP contribution < -0.4 is 9.47 Å². The van der Waals surface area contributed by atoms with Crippen molar-refractivity contribution in [2.24, 2.45) is 0 Å². The third kappa shape index (κ3) is 4.94. The molecule has 0 atom stereocenters. The van der Waals surface area contributed by atoms with Gasteiger partial charge in [0.2, 0.25) is 0 Å². The molecule has 1 saturated heterocycles. The highest BCUT2D eigenvalue weighted by atomic mass is 32.2. The molecule has 0 aliphatic carbocycles. The number of ether oxygens (including phenoxy) is 2. The number of hydrogen-bond donors (Lipinski definition) is 0. The number of benzene rings is 2. The number of thioether (sulfide) groups is 1. The SMILES string of the molecule is Cc1cccc(OCCCOc2ccc(/C=C3\SC(=S)N(C)C3=O)cc2)c1C. The van der Waals surface area contributed by atoms with E-state index in [0.717, 1.165) is 23.5 Å². The summed E-state index contributed by atoms with van der Waals surface area (Å²) in [5.41, 5.74) is 3.36. The molecule has 146 valence electrons. The number of carbonyl (C=O) groups is 1. The van der Waals surface area contributed by atoms with Crippen molar-refractivity contribution in [3.8, 4) is 11.5 Å². The van der Waals surface area contributed by atoms with Crippen LogP contribution in [0, 0.1) is 13.8 Å². The summed E-state index contributed by atoms with van der Waals surface area (Å²) in [6.45, 7) is 5.35. The first kappa shape index (κ1) is 20.4. The second-order valence-electron chi connectivity index (χ2n) is 6.56. The van der Waals surface area contributed by atoms with Crippen LogP contribution in [-0.2, 0) is 4.79 Å². The Morgan fingerprint density at radius 1 is 1.07 bits per heavy atom. The molecule has 2 aromatic carbocycles. The lowest BCUT2D eigenvalue weighted by atomic mass is 10.1. The number of carbonyl (C=O) groups excluding carboxylic acids is 1. The molecule has 1 fully saturated rings. The van der Waals surface area contributed by atoms with Crippen LogP contribution in [0.25, 0.3) is 6.08 Å². The highest BCUT2D eigenvalue weighted by Gasteiger charge is 2.28. The molecule has 0 aromatic heterocycles. The lowest BCUT2D eigenvalue weighted by molar-refractivity contribution is -0.121. The maximum absolute atomic E-state index is 12.0. The van der Waals surface area contributed by atoms with Crippen LogP contribution in [0.4, 0.5) is 0 Å². The first-order valence-electron chi connectivity index (χ1n) is 9.09. The minimum Gasteiger partial charge on any atom is -0.493 e. The Kier molecular flexibility index (Phi) is 6.75. The molecular weight excluding hydrogens is 390 g/mol. The normalized spacial score (nSPS) is 15.4. The fourth-order valence-corrected chi connectivity index (χ4v) is 3.85. The van der Waals surface area contributed by atoms with E-state index < -0.39 is 0 Å². The summed E-state index contributed by atoms with van der Waals surface area (Å²) in [6.07, 6.45) is 2.65. The fraction of sp³-hybridized carbons (Fsp3) is 0.273. The van der Waals surface area contributed by atoms with E-state index in [0.29, 0.717) is 22.4 Å². The standard InChI is InChI=1S/C22H23NO3S2/c1-15-6-4-7-19(16(15)2)26-13-5-12-25-18-10-8-17(9-11-18)14-20-21(24)23(3)22(27)28-20/h4,6-11,14H,5,12-13H2,1-3H3/b20-14-. The zero-order valence-corrected chi connectivity index (χ0v) is 17.9. The average molecular weight is 414 g/mol. The summed E-state index contributed by atoms with van der Waals surface area (Å²) >= 11 is 6.47. The Balaban J connectivity index is 1.45. The van der Waals surface area contributed by atoms with Crippen LogP contribution in [-0.4, -0.2) is 35.4 Å². The first-order valence-corrected chi connectivity index (χ1v) is 10.3. The molecule has 1 aliphatic heterocycles. The molecule has 0 spiro atoms. The molecule has 3 rings (SSSR count). The topological polar surface area (TPSA) is 38.8 Å². The monoisotopic (exact) mass is 413 g/mol. The number of thiocarbonyl (C=S) groups is 1. The predicted octanol–water partition coefficient (Wildman–Crippen LogP) is 4.98. The van der Waals surface area contributed by atoms with Crippen LogP contribution in [0.15, 0.2) is 47.4 Å². The molecule has 0 N–H and O–H groups in total. The minimum absolute atomic E-state index is 0.0563. The van der Waals surface area contributed by atoms with Crippen LogP contribution in [0.1, 0.15) is 23.1 Å². The van der Waals surface area contributed by atoms with Gasteiger partial charge in [0.05, 0.1) is 18.1 Å². The van der Waals surface area contributed by atoms with Gasteiger partial charge in [-0.15, -0.1) is 0 Å². The van der Waals surface area contributed by atoms with Crippen LogP contribution in [0.2, 0.25) is 0 Å². The fourth-order valence-electron chi connectivity index (χ4n) is 2.67. The summed E-state index contributed by atoms with van der Waals surface area (Å²) in [4.78, 5) is 14.2. The third-order valence-corrected chi connectivity index (χ3v) is 6.02. The molecule has 1 amide bonds. The number of amides is 1. The quantitative estimate of drug-likeness (QED) is 0.364. The largest absolute Gasteiger partial charge is 0.493 e. The molecule has 28 heavy (non-hydrogen) atoms. The van der Waals surface area contributed by atoms with Gasteiger partial charge in [-0.2, -0.15) is 0 Å². The van der Waals surface area contributed by atoms with E-state index in [1.165, 1.54) is 27.8 Å². The molecule has 0 bridgehead atoms. The van der Waals surface area contributed by atoms with Gasteiger partial charge in [-0.25, -0.2) is 0 Å². The van der Waals surface area contributed by atoms with Crippen molar-refractivity contribution >= 4 is 40.3 Å². The molecule has 6 heteroatoms. The Hall–Kier alpha value is -2.31. The van der Waals surface area contributed by atoms with Gasteiger partial charge in [0.15, 0.2) is 0 Å². The van der Waals surface area contributed by atoms with Gasteiger partial charge in [0, 0.05) is 13.5 Å². The van der Waals surface area contributed by atoms with Gasteiger partial charge in [-0.3, -0.25) is 9.69 Å². The molecule has 0 saturated carbocycles. The summed E-state index contributed by atoms with van der Waals surface area (Å²) in [5, 5.41) is 0. The Bertz CT molecular complexity index is 906. The van der Waals surface area contributed by atoms with E-state index in [1.54, 1.807) is 7.05 Å². The summed E-state index contributed by atoms with van der Waals surface area (Å²) in [6, 6.07) is 13.8. The molecule has 1 heterocycles. The number of rotatable bonds is 7. The maximum atomic E-state index is 12.0. The number of likely N-dealkylation sites (N-methyl/N-ethyl adjacent to an activating group) is 1. The molecule has 2 aromatic rings. The second kappa shape index (κ2) is 9.26. The Morgan fingerprint density at radius 2 is 1.79 bits per heavy atom. The van der Waals surface area contributed by atoms with Gasteiger partial charge in [0.1, 0.15) is 15.8 Å². The summed E-state index contributed by atoms with van der Waals surface area (Å²) in [5.74, 6) is 1.67. The average Bonchev–Trinajstić information content (AvgIpc) is 2.93. The van der Waals surface area contributed by atoms with E-state index >= 15 is 0 Å². The second-order valence-corrected chi connectivity index (χ2v) is 8.23. The smallest absolute Gasteiger partial charge is 0.265 e. The van der Waals surface area contributed by atoms with Gasteiger partial charge >= 0.3 is 0 Å². The van der Waals surface area contributed by atoms with E-state index in [4.69, 9.17) is 21.7 Å². The lowest BCUT2D eigenvalue weighted by Gasteiger charge is -2.11. The van der Waals surface area contributed by atoms with Crippen molar-refractivity contribution in [3.05, 3.63) is 64.1 Å². The number of hydrogen-bond acceptors (Lipinski definition) is 5. The highest BCUT2D eigenvalue weighted by Crippen LogP contribution is 2.31. The molecule has 4 nitrogen and oxygen atoms in total. The van der Waals surface area contributed by atoms with Crippen molar-refractivity contribution in [3.63, 3.8) is 0 Å². The van der Waals surface area contributed by atoms with Crippen LogP contribution in [0.5, 0.6) is 11.5 Å².